The normalized spacial score (nSPS) is 19.1. The lowest BCUT2D eigenvalue weighted by Crippen LogP contribution is -2.26. The average molecular weight is 185 g/mol. The zero-order valence-corrected chi connectivity index (χ0v) is 8.29. The van der Waals surface area contributed by atoms with Crippen LogP contribution in [0, 0.1) is 0 Å². The third-order valence-corrected chi connectivity index (χ3v) is 2.22. The molecule has 0 aromatic heterocycles. The molecule has 1 rings (SSSR count). The highest BCUT2D eigenvalue weighted by atomic mass is 16.5. The lowest BCUT2D eigenvalue weighted by Gasteiger charge is -2.19. The van der Waals surface area contributed by atoms with E-state index in [1.165, 1.54) is 5.57 Å². The van der Waals surface area contributed by atoms with Crippen LogP contribution in [0.3, 0.4) is 0 Å². The molecule has 76 valence electrons. The fraction of sp³-hybridized carbons (Fsp3) is 0.800. The van der Waals surface area contributed by atoms with Crippen LogP contribution in [0.1, 0.15) is 26.2 Å². The predicted octanol–water partition coefficient (Wildman–Crippen LogP) is 1.43. The van der Waals surface area contributed by atoms with E-state index in [9.17, 15) is 0 Å². The van der Waals surface area contributed by atoms with E-state index in [0.717, 1.165) is 39.1 Å². The number of hydrogen-bond acceptors (Lipinski definition) is 3. The standard InChI is InChI=1S/C10H19NO2/c1-2-12-7-5-10(11)9-4-3-6-13-8-9/h8,10H,2-7,11H2,1H3. The molecule has 1 aliphatic rings. The van der Waals surface area contributed by atoms with Gasteiger partial charge in [0.2, 0.25) is 0 Å². The van der Waals surface area contributed by atoms with Crippen LogP contribution in [0.2, 0.25) is 0 Å². The summed E-state index contributed by atoms with van der Waals surface area (Å²) in [6.45, 7) is 4.34. The molecule has 0 aromatic carbocycles. The fourth-order valence-electron chi connectivity index (χ4n) is 1.40. The van der Waals surface area contributed by atoms with Gasteiger partial charge < -0.3 is 15.2 Å². The van der Waals surface area contributed by atoms with Crippen LogP contribution >= 0.6 is 0 Å². The molecule has 0 bridgehead atoms. The molecular formula is C10H19NO2. The molecule has 3 nitrogen and oxygen atoms in total. The number of rotatable bonds is 5. The minimum atomic E-state index is 0.117. The summed E-state index contributed by atoms with van der Waals surface area (Å²) in [7, 11) is 0. The van der Waals surface area contributed by atoms with Gasteiger partial charge in [0.05, 0.1) is 12.9 Å². The first-order chi connectivity index (χ1) is 6.34. The van der Waals surface area contributed by atoms with Gasteiger partial charge in [-0.2, -0.15) is 0 Å². The van der Waals surface area contributed by atoms with Crippen molar-refractivity contribution in [2.75, 3.05) is 19.8 Å². The summed E-state index contributed by atoms with van der Waals surface area (Å²) in [6.07, 6.45) is 4.88. The van der Waals surface area contributed by atoms with Crippen molar-refractivity contribution in [2.24, 2.45) is 5.73 Å². The first-order valence-electron chi connectivity index (χ1n) is 4.98. The Morgan fingerprint density at radius 2 is 2.54 bits per heavy atom. The first kappa shape index (κ1) is 10.5. The molecule has 0 saturated carbocycles. The Labute approximate surface area is 79.9 Å². The molecule has 0 aliphatic carbocycles. The molecule has 0 saturated heterocycles. The van der Waals surface area contributed by atoms with E-state index in [-0.39, 0.29) is 6.04 Å². The molecule has 0 amide bonds. The molecule has 3 heteroatoms. The minimum absolute atomic E-state index is 0.117. The highest BCUT2D eigenvalue weighted by molar-refractivity contribution is 5.08. The summed E-state index contributed by atoms with van der Waals surface area (Å²) >= 11 is 0. The maximum absolute atomic E-state index is 5.96. The van der Waals surface area contributed by atoms with Crippen LogP contribution < -0.4 is 5.73 Å². The van der Waals surface area contributed by atoms with Gasteiger partial charge >= 0.3 is 0 Å². The number of hydrogen-bond donors (Lipinski definition) is 1. The van der Waals surface area contributed by atoms with E-state index in [2.05, 4.69) is 0 Å². The van der Waals surface area contributed by atoms with Gasteiger partial charge in [-0.25, -0.2) is 0 Å². The van der Waals surface area contributed by atoms with Crippen LogP contribution in [0.15, 0.2) is 11.8 Å². The van der Waals surface area contributed by atoms with Crippen molar-refractivity contribution in [2.45, 2.75) is 32.2 Å². The van der Waals surface area contributed by atoms with E-state index in [4.69, 9.17) is 15.2 Å². The maximum atomic E-state index is 5.96. The molecule has 1 aliphatic heterocycles. The Bertz CT molecular complexity index is 168. The predicted molar refractivity (Wildman–Crippen MR) is 52.4 cm³/mol. The third-order valence-electron chi connectivity index (χ3n) is 2.22. The Kier molecular flexibility index (Phi) is 4.86. The lowest BCUT2D eigenvalue weighted by molar-refractivity contribution is 0.140. The number of nitrogens with two attached hydrogens (primary N) is 1. The highest BCUT2D eigenvalue weighted by Gasteiger charge is 2.12. The Hall–Kier alpha value is -0.540. The van der Waals surface area contributed by atoms with Gasteiger partial charge in [0.1, 0.15) is 0 Å². The summed E-state index contributed by atoms with van der Waals surface area (Å²) in [5.41, 5.74) is 7.19. The highest BCUT2D eigenvalue weighted by Crippen LogP contribution is 2.16. The molecule has 0 aromatic rings. The summed E-state index contributed by atoms with van der Waals surface area (Å²) in [5, 5.41) is 0. The van der Waals surface area contributed by atoms with Gasteiger partial charge in [0.25, 0.3) is 0 Å². The lowest BCUT2D eigenvalue weighted by atomic mass is 10.0. The molecule has 1 heterocycles. The molecule has 13 heavy (non-hydrogen) atoms. The second-order valence-electron chi connectivity index (χ2n) is 3.26. The second kappa shape index (κ2) is 6.00. The van der Waals surface area contributed by atoms with Crippen LogP contribution in [0.4, 0.5) is 0 Å². The van der Waals surface area contributed by atoms with Gasteiger partial charge in [-0.15, -0.1) is 0 Å². The molecule has 2 N–H and O–H groups in total. The molecule has 1 unspecified atom stereocenters. The van der Waals surface area contributed by atoms with Crippen LogP contribution in [0.25, 0.3) is 0 Å². The summed E-state index contributed by atoms with van der Waals surface area (Å²) in [5.74, 6) is 0. The fourth-order valence-corrected chi connectivity index (χ4v) is 1.40. The van der Waals surface area contributed by atoms with Crippen molar-refractivity contribution in [1.82, 2.24) is 0 Å². The van der Waals surface area contributed by atoms with Crippen molar-refractivity contribution >= 4 is 0 Å². The van der Waals surface area contributed by atoms with Gasteiger partial charge in [0.15, 0.2) is 0 Å². The average Bonchev–Trinajstić information content (AvgIpc) is 2.19. The van der Waals surface area contributed by atoms with Gasteiger partial charge in [-0.3, -0.25) is 0 Å². The number of ether oxygens (including phenoxy) is 2. The van der Waals surface area contributed by atoms with E-state index < -0.39 is 0 Å². The Morgan fingerprint density at radius 1 is 1.69 bits per heavy atom. The molecule has 0 spiro atoms. The van der Waals surface area contributed by atoms with Crippen molar-refractivity contribution in [3.8, 4) is 0 Å². The van der Waals surface area contributed by atoms with Crippen LogP contribution in [0.5, 0.6) is 0 Å². The van der Waals surface area contributed by atoms with Gasteiger partial charge in [-0.1, -0.05) is 0 Å². The zero-order chi connectivity index (χ0) is 9.52. The smallest absolute Gasteiger partial charge is 0.0876 e. The van der Waals surface area contributed by atoms with Crippen LogP contribution in [-0.4, -0.2) is 25.9 Å². The Morgan fingerprint density at radius 3 is 3.15 bits per heavy atom. The first-order valence-corrected chi connectivity index (χ1v) is 4.98. The van der Waals surface area contributed by atoms with E-state index in [0.29, 0.717) is 0 Å². The maximum Gasteiger partial charge on any atom is 0.0876 e. The van der Waals surface area contributed by atoms with E-state index in [1.807, 2.05) is 13.2 Å². The van der Waals surface area contributed by atoms with Gasteiger partial charge in [-0.05, 0) is 31.8 Å². The second-order valence-corrected chi connectivity index (χ2v) is 3.26. The van der Waals surface area contributed by atoms with Crippen molar-refractivity contribution in [3.05, 3.63) is 11.8 Å². The largest absolute Gasteiger partial charge is 0.501 e. The van der Waals surface area contributed by atoms with Crippen molar-refractivity contribution in [1.29, 1.82) is 0 Å². The summed E-state index contributed by atoms with van der Waals surface area (Å²) < 4.78 is 10.5. The van der Waals surface area contributed by atoms with Gasteiger partial charge in [0, 0.05) is 19.3 Å². The van der Waals surface area contributed by atoms with Crippen molar-refractivity contribution in [3.63, 3.8) is 0 Å². The molecule has 1 atom stereocenters. The molecule has 0 radical (unpaired) electrons. The SMILES string of the molecule is CCOCCC(N)C1=COCCC1. The topological polar surface area (TPSA) is 44.5 Å². The van der Waals surface area contributed by atoms with Crippen molar-refractivity contribution < 1.29 is 9.47 Å². The van der Waals surface area contributed by atoms with E-state index >= 15 is 0 Å². The minimum Gasteiger partial charge on any atom is -0.501 e. The Balaban J connectivity index is 2.21. The zero-order valence-electron chi connectivity index (χ0n) is 8.29. The monoisotopic (exact) mass is 185 g/mol. The summed E-state index contributed by atoms with van der Waals surface area (Å²) in [4.78, 5) is 0. The van der Waals surface area contributed by atoms with E-state index in [1.54, 1.807) is 0 Å². The summed E-state index contributed by atoms with van der Waals surface area (Å²) in [6, 6.07) is 0.117. The molecule has 0 fully saturated rings. The van der Waals surface area contributed by atoms with Crippen LogP contribution in [-0.2, 0) is 9.47 Å². The third kappa shape index (κ3) is 3.79. The quantitative estimate of drug-likeness (QED) is 0.659. The molecular weight excluding hydrogens is 166 g/mol.